The highest BCUT2D eigenvalue weighted by Crippen LogP contribution is 2.19. The maximum Gasteiger partial charge on any atom is 0.261 e. The van der Waals surface area contributed by atoms with Gasteiger partial charge in [0, 0.05) is 13.1 Å². The molecule has 1 aliphatic rings. The fraction of sp³-hybridized carbons (Fsp3) is 0.333. The van der Waals surface area contributed by atoms with Gasteiger partial charge in [0.05, 0.1) is 22.8 Å². The molecule has 1 fully saturated rings. The molecule has 0 saturated carbocycles. The van der Waals surface area contributed by atoms with Crippen LogP contribution in [0.2, 0.25) is 0 Å². The first-order chi connectivity index (χ1) is 13.6. The highest BCUT2D eigenvalue weighted by molar-refractivity contribution is 5.90. The summed E-state index contributed by atoms with van der Waals surface area (Å²) in [6.45, 7) is 3.69. The zero-order valence-electron chi connectivity index (χ0n) is 15.9. The lowest BCUT2D eigenvalue weighted by Crippen LogP contribution is -2.31. The van der Waals surface area contributed by atoms with E-state index in [1.807, 2.05) is 18.2 Å². The van der Waals surface area contributed by atoms with Gasteiger partial charge in [0.2, 0.25) is 5.91 Å². The number of hydrogen-bond donors (Lipinski definition) is 1. The van der Waals surface area contributed by atoms with Crippen molar-refractivity contribution in [1.29, 1.82) is 0 Å². The molecule has 0 radical (unpaired) electrons. The van der Waals surface area contributed by atoms with Gasteiger partial charge in [-0.15, -0.1) is 0 Å². The summed E-state index contributed by atoms with van der Waals surface area (Å²) in [5.41, 5.74) is 1.04. The van der Waals surface area contributed by atoms with Crippen LogP contribution in [0.1, 0.15) is 25.1 Å². The van der Waals surface area contributed by atoms with Crippen LogP contribution in [0.5, 0.6) is 0 Å². The minimum Gasteiger partial charge on any atom is -0.357 e. The summed E-state index contributed by atoms with van der Waals surface area (Å²) in [6, 6.07) is 10.9. The number of carbonyl (C=O) groups excluding carboxylic acids is 1. The fourth-order valence-corrected chi connectivity index (χ4v) is 3.58. The van der Waals surface area contributed by atoms with Crippen molar-refractivity contribution in [3.05, 3.63) is 58.8 Å². The summed E-state index contributed by atoms with van der Waals surface area (Å²) >= 11 is 0. The summed E-state index contributed by atoms with van der Waals surface area (Å²) in [5, 5.41) is 3.32. The lowest BCUT2D eigenvalue weighted by Gasteiger charge is -2.27. The van der Waals surface area contributed by atoms with Gasteiger partial charge in [0.25, 0.3) is 5.56 Å². The summed E-state index contributed by atoms with van der Waals surface area (Å²) < 4.78 is 1.40. The van der Waals surface area contributed by atoms with Gasteiger partial charge in [-0.05, 0) is 50.5 Å². The molecule has 28 heavy (non-hydrogen) atoms. The summed E-state index contributed by atoms with van der Waals surface area (Å²) in [4.78, 5) is 36.3. The van der Waals surface area contributed by atoms with Gasteiger partial charge in [0.15, 0.2) is 0 Å². The molecule has 1 aliphatic heterocycles. The second kappa shape index (κ2) is 7.80. The predicted molar refractivity (Wildman–Crippen MR) is 110 cm³/mol. The first-order valence-electron chi connectivity index (χ1n) is 9.59. The van der Waals surface area contributed by atoms with Gasteiger partial charge in [-0.1, -0.05) is 12.1 Å². The summed E-state index contributed by atoms with van der Waals surface area (Å²) in [6.07, 6.45) is 5.31. The number of pyridine rings is 1. The number of piperidine rings is 1. The van der Waals surface area contributed by atoms with Gasteiger partial charge in [0.1, 0.15) is 18.2 Å². The number of hydrogen-bond acceptors (Lipinski definition) is 5. The number of nitrogens with zero attached hydrogens (tertiary/aromatic N) is 4. The van der Waals surface area contributed by atoms with Crippen LogP contribution in [-0.2, 0) is 11.3 Å². The molecule has 0 unspecified atom stereocenters. The maximum absolute atomic E-state index is 12.7. The van der Waals surface area contributed by atoms with Crippen LogP contribution in [0.3, 0.4) is 0 Å². The number of carbonyl (C=O) groups is 1. The Morgan fingerprint density at radius 2 is 1.89 bits per heavy atom. The molecule has 1 N–H and O–H groups in total. The van der Waals surface area contributed by atoms with E-state index in [1.54, 1.807) is 31.3 Å². The third kappa shape index (κ3) is 3.74. The minimum absolute atomic E-state index is 0.0869. The monoisotopic (exact) mass is 377 g/mol. The maximum atomic E-state index is 12.7. The van der Waals surface area contributed by atoms with E-state index in [0.717, 1.165) is 18.9 Å². The third-order valence-electron chi connectivity index (χ3n) is 5.07. The zero-order valence-corrected chi connectivity index (χ0v) is 15.9. The molecule has 1 aromatic carbocycles. The topological polar surface area (TPSA) is 80.1 Å². The lowest BCUT2D eigenvalue weighted by atomic mass is 10.1. The van der Waals surface area contributed by atoms with Gasteiger partial charge in [-0.2, -0.15) is 0 Å². The van der Waals surface area contributed by atoms with Crippen molar-refractivity contribution in [2.24, 2.45) is 0 Å². The van der Waals surface area contributed by atoms with Crippen molar-refractivity contribution in [1.82, 2.24) is 14.5 Å². The SMILES string of the molecule is Cc1nc2ccccc2c(=O)n1CC(=O)Nc1ccc(N2CCCCC2)nc1. The highest BCUT2D eigenvalue weighted by atomic mass is 16.2. The number of aromatic nitrogens is 3. The third-order valence-corrected chi connectivity index (χ3v) is 5.07. The van der Waals surface area contributed by atoms with Crippen molar-refractivity contribution in [2.45, 2.75) is 32.7 Å². The second-order valence-electron chi connectivity index (χ2n) is 7.07. The molecule has 3 heterocycles. The zero-order chi connectivity index (χ0) is 19.5. The van der Waals surface area contributed by atoms with Crippen LogP contribution < -0.4 is 15.8 Å². The van der Waals surface area contributed by atoms with E-state index in [0.29, 0.717) is 22.4 Å². The van der Waals surface area contributed by atoms with Crippen LogP contribution in [0.15, 0.2) is 47.4 Å². The van der Waals surface area contributed by atoms with Crippen molar-refractivity contribution in [3.63, 3.8) is 0 Å². The molecule has 0 aliphatic carbocycles. The number of nitrogens with one attached hydrogen (secondary N) is 1. The van der Waals surface area contributed by atoms with Gasteiger partial charge in [-0.25, -0.2) is 9.97 Å². The quantitative estimate of drug-likeness (QED) is 0.756. The van der Waals surface area contributed by atoms with E-state index in [-0.39, 0.29) is 18.0 Å². The minimum atomic E-state index is -0.283. The van der Waals surface area contributed by atoms with E-state index in [9.17, 15) is 9.59 Å². The molecule has 0 bridgehead atoms. The molecule has 144 valence electrons. The van der Waals surface area contributed by atoms with Gasteiger partial charge in [-0.3, -0.25) is 14.2 Å². The second-order valence-corrected chi connectivity index (χ2v) is 7.07. The number of aryl methyl sites for hydroxylation is 1. The first-order valence-corrected chi connectivity index (χ1v) is 9.59. The Bertz CT molecular complexity index is 1050. The van der Waals surface area contributed by atoms with Crippen molar-refractivity contribution < 1.29 is 4.79 Å². The largest absolute Gasteiger partial charge is 0.357 e. The molecule has 7 nitrogen and oxygen atoms in total. The average Bonchev–Trinajstić information content (AvgIpc) is 2.72. The lowest BCUT2D eigenvalue weighted by molar-refractivity contribution is -0.116. The van der Waals surface area contributed by atoms with Crippen molar-refractivity contribution >= 4 is 28.3 Å². The summed E-state index contributed by atoms with van der Waals surface area (Å²) in [7, 11) is 0. The molecule has 2 aromatic heterocycles. The van der Waals surface area contributed by atoms with Crippen molar-refractivity contribution in [3.8, 4) is 0 Å². The number of fused-ring (bicyclic) bond motifs is 1. The molecule has 7 heteroatoms. The van der Waals surface area contributed by atoms with Crippen LogP contribution >= 0.6 is 0 Å². The Morgan fingerprint density at radius 3 is 2.64 bits per heavy atom. The Morgan fingerprint density at radius 1 is 1.11 bits per heavy atom. The first kappa shape index (κ1) is 18.2. The van der Waals surface area contributed by atoms with E-state index in [4.69, 9.17) is 0 Å². The number of benzene rings is 1. The highest BCUT2D eigenvalue weighted by Gasteiger charge is 2.14. The Balaban J connectivity index is 1.47. The Labute approximate surface area is 163 Å². The van der Waals surface area contributed by atoms with Crippen molar-refractivity contribution in [2.75, 3.05) is 23.3 Å². The normalized spacial score (nSPS) is 14.2. The molecular formula is C21H23N5O2. The smallest absolute Gasteiger partial charge is 0.261 e. The number of amides is 1. The fourth-order valence-electron chi connectivity index (χ4n) is 3.58. The molecule has 1 amide bonds. The van der Waals surface area contributed by atoms with Crippen LogP contribution in [0, 0.1) is 6.92 Å². The molecule has 0 atom stereocenters. The van der Waals surface area contributed by atoms with E-state index in [2.05, 4.69) is 20.2 Å². The molecular weight excluding hydrogens is 354 g/mol. The number of rotatable bonds is 4. The van der Waals surface area contributed by atoms with E-state index < -0.39 is 0 Å². The Hall–Kier alpha value is -3.22. The van der Waals surface area contributed by atoms with E-state index >= 15 is 0 Å². The van der Waals surface area contributed by atoms with E-state index in [1.165, 1.54) is 23.8 Å². The predicted octanol–water partition coefficient (Wildman–Crippen LogP) is 2.73. The van der Waals surface area contributed by atoms with Crippen LogP contribution in [0.25, 0.3) is 10.9 Å². The molecule has 4 rings (SSSR count). The molecule has 3 aromatic rings. The molecule has 0 spiro atoms. The Kier molecular flexibility index (Phi) is 5.06. The number of para-hydroxylation sites is 1. The van der Waals surface area contributed by atoms with Gasteiger partial charge >= 0.3 is 0 Å². The average molecular weight is 377 g/mol. The number of anilines is 2. The van der Waals surface area contributed by atoms with Crippen LogP contribution in [0.4, 0.5) is 11.5 Å². The van der Waals surface area contributed by atoms with Crippen LogP contribution in [-0.4, -0.2) is 33.5 Å². The summed E-state index contributed by atoms with van der Waals surface area (Å²) in [5.74, 6) is 1.16. The standard InChI is InChI=1S/C21H23N5O2/c1-15-23-18-8-4-3-7-17(18)21(28)26(15)14-20(27)24-16-9-10-19(22-13-16)25-11-5-2-6-12-25/h3-4,7-10,13H,2,5-6,11-12,14H2,1H3,(H,24,27). The molecule has 1 saturated heterocycles. The van der Waals surface area contributed by atoms with Gasteiger partial charge < -0.3 is 10.2 Å².